The number of para-hydroxylation sites is 2. The molecule has 1 aliphatic rings. The summed E-state index contributed by atoms with van der Waals surface area (Å²) in [5.41, 5.74) is 6.14. The SMILES string of the molecule is CC1(C)CC(=O)N(CCCOc2ccccc2N)C(=O)C1. The number of anilines is 1. The maximum Gasteiger partial charge on any atom is 0.229 e. The minimum atomic E-state index is -0.223. The highest BCUT2D eigenvalue weighted by Crippen LogP contribution is 2.31. The summed E-state index contributed by atoms with van der Waals surface area (Å²) >= 11 is 0. The van der Waals surface area contributed by atoms with Crippen LogP contribution in [-0.4, -0.2) is 29.9 Å². The fourth-order valence-electron chi connectivity index (χ4n) is 2.48. The maximum atomic E-state index is 12.0. The fourth-order valence-corrected chi connectivity index (χ4v) is 2.48. The van der Waals surface area contributed by atoms with Crippen molar-refractivity contribution >= 4 is 17.5 Å². The molecule has 0 aromatic heterocycles. The average molecular weight is 290 g/mol. The Morgan fingerprint density at radius 3 is 2.43 bits per heavy atom. The number of amides is 2. The Morgan fingerprint density at radius 2 is 1.81 bits per heavy atom. The summed E-state index contributed by atoms with van der Waals surface area (Å²) in [5, 5.41) is 0. The summed E-state index contributed by atoms with van der Waals surface area (Å²) in [6, 6.07) is 7.27. The number of imide groups is 1. The second kappa shape index (κ2) is 6.16. The number of rotatable bonds is 5. The molecule has 0 aliphatic carbocycles. The van der Waals surface area contributed by atoms with E-state index in [1.54, 1.807) is 12.1 Å². The van der Waals surface area contributed by atoms with Crippen molar-refractivity contribution in [1.82, 2.24) is 4.90 Å². The van der Waals surface area contributed by atoms with Gasteiger partial charge in [0.2, 0.25) is 11.8 Å². The van der Waals surface area contributed by atoms with Crippen molar-refractivity contribution in [3.63, 3.8) is 0 Å². The Labute approximate surface area is 125 Å². The molecule has 2 rings (SSSR count). The Kier molecular flexibility index (Phi) is 4.50. The van der Waals surface area contributed by atoms with E-state index in [2.05, 4.69) is 0 Å². The van der Waals surface area contributed by atoms with E-state index < -0.39 is 0 Å². The molecule has 5 heteroatoms. The van der Waals surface area contributed by atoms with E-state index in [0.717, 1.165) is 0 Å². The van der Waals surface area contributed by atoms with Crippen LogP contribution in [0.1, 0.15) is 33.1 Å². The Morgan fingerprint density at radius 1 is 1.19 bits per heavy atom. The van der Waals surface area contributed by atoms with Gasteiger partial charge in [-0.15, -0.1) is 0 Å². The third-order valence-corrected chi connectivity index (χ3v) is 3.56. The van der Waals surface area contributed by atoms with Crippen LogP contribution in [0.2, 0.25) is 0 Å². The smallest absolute Gasteiger partial charge is 0.229 e. The van der Waals surface area contributed by atoms with Crippen LogP contribution >= 0.6 is 0 Å². The molecule has 1 aromatic carbocycles. The van der Waals surface area contributed by atoms with E-state index in [4.69, 9.17) is 10.5 Å². The number of carbonyl (C=O) groups excluding carboxylic acids is 2. The van der Waals surface area contributed by atoms with Crippen molar-refractivity contribution in [3.05, 3.63) is 24.3 Å². The summed E-state index contributed by atoms with van der Waals surface area (Å²) in [7, 11) is 0. The van der Waals surface area contributed by atoms with Gasteiger partial charge in [0.1, 0.15) is 5.75 Å². The molecule has 5 nitrogen and oxygen atoms in total. The van der Waals surface area contributed by atoms with Crippen LogP contribution in [0.25, 0.3) is 0 Å². The number of carbonyl (C=O) groups is 2. The van der Waals surface area contributed by atoms with Crippen LogP contribution in [0.3, 0.4) is 0 Å². The third-order valence-electron chi connectivity index (χ3n) is 3.56. The van der Waals surface area contributed by atoms with Crippen LogP contribution < -0.4 is 10.5 Å². The number of likely N-dealkylation sites (tertiary alicyclic amines) is 1. The molecule has 2 amide bonds. The topological polar surface area (TPSA) is 72.6 Å². The number of hydrogen-bond acceptors (Lipinski definition) is 4. The van der Waals surface area contributed by atoms with Crippen LogP contribution in [0.15, 0.2) is 24.3 Å². The fraction of sp³-hybridized carbons (Fsp3) is 0.500. The lowest BCUT2D eigenvalue weighted by Crippen LogP contribution is -2.46. The molecular formula is C16H22N2O3. The first-order valence-corrected chi connectivity index (χ1v) is 7.19. The van der Waals surface area contributed by atoms with Crippen molar-refractivity contribution in [2.45, 2.75) is 33.1 Å². The first kappa shape index (κ1) is 15.4. The molecule has 0 atom stereocenters. The predicted octanol–water partition coefficient (Wildman–Crippen LogP) is 2.21. The zero-order valence-corrected chi connectivity index (χ0v) is 12.6. The monoisotopic (exact) mass is 290 g/mol. The minimum Gasteiger partial charge on any atom is -0.491 e. The number of hydrogen-bond donors (Lipinski definition) is 1. The number of benzene rings is 1. The van der Waals surface area contributed by atoms with Crippen LogP contribution in [0.4, 0.5) is 5.69 Å². The van der Waals surface area contributed by atoms with Gasteiger partial charge in [-0.25, -0.2) is 0 Å². The number of ether oxygens (including phenoxy) is 1. The van der Waals surface area contributed by atoms with Crippen molar-refractivity contribution in [3.8, 4) is 5.75 Å². The number of nitrogens with zero attached hydrogens (tertiary/aromatic N) is 1. The van der Waals surface area contributed by atoms with Crippen LogP contribution in [-0.2, 0) is 9.59 Å². The molecule has 1 saturated heterocycles. The highest BCUT2D eigenvalue weighted by Gasteiger charge is 2.36. The van der Waals surface area contributed by atoms with Gasteiger partial charge in [-0.3, -0.25) is 14.5 Å². The lowest BCUT2D eigenvalue weighted by Gasteiger charge is -2.34. The lowest BCUT2D eigenvalue weighted by molar-refractivity contribution is -0.152. The van der Waals surface area contributed by atoms with E-state index in [1.807, 2.05) is 26.0 Å². The molecule has 0 radical (unpaired) electrons. The van der Waals surface area contributed by atoms with Gasteiger partial charge >= 0.3 is 0 Å². The Balaban J connectivity index is 1.80. The van der Waals surface area contributed by atoms with Crippen molar-refractivity contribution in [2.24, 2.45) is 5.41 Å². The van der Waals surface area contributed by atoms with E-state index in [0.29, 0.717) is 43.9 Å². The summed E-state index contributed by atoms with van der Waals surface area (Å²) in [6.07, 6.45) is 1.45. The largest absolute Gasteiger partial charge is 0.491 e. The van der Waals surface area contributed by atoms with E-state index in [1.165, 1.54) is 4.90 Å². The molecule has 0 saturated carbocycles. The first-order chi connectivity index (χ1) is 9.89. The first-order valence-electron chi connectivity index (χ1n) is 7.19. The molecule has 0 unspecified atom stereocenters. The number of nitrogen functional groups attached to an aromatic ring is 1. The highest BCUT2D eigenvalue weighted by atomic mass is 16.5. The van der Waals surface area contributed by atoms with E-state index in [9.17, 15) is 9.59 Å². The predicted molar refractivity (Wildman–Crippen MR) is 80.7 cm³/mol. The van der Waals surface area contributed by atoms with Gasteiger partial charge in [0.05, 0.1) is 12.3 Å². The average Bonchev–Trinajstić information content (AvgIpc) is 2.37. The van der Waals surface area contributed by atoms with Crippen molar-refractivity contribution in [2.75, 3.05) is 18.9 Å². The molecule has 1 aromatic rings. The van der Waals surface area contributed by atoms with Crippen molar-refractivity contribution in [1.29, 1.82) is 0 Å². The molecule has 1 aliphatic heterocycles. The molecule has 2 N–H and O–H groups in total. The lowest BCUT2D eigenvalue weighted by atomic mass is 9.82. The van der Waals surface area contributed by atoms with Crippen LogP contribution in [0, 0.1) is 5.41 Å². The molecule has 0 spiro atoms. The van der Waals surface area contributed by atoms with Gasteiger partial charge in [-0.1, -0.05) is 26.0 Å². The van der Waals surface area contributed by atoms with Gasteiger partial charge in [-0.05, 0) is 24.0 Å². The van der Waals surface area contributed by atoms with E-state index >= 15 is 0 Å². The minimum absolute atomic E-state index is 0.0875. The molecule has 21 heavy (non-hydrogen) atoms. The Hall–Kier alpha value is -2.04. The molecule has 114 valence electrons. The third kappa shape index (κ3) is 3.97. The number of nitrogens with two attached hydrogens (primary N) is 1. The van der Waals surface area contributed by atoms with Gasteiger partial charge in [0.25, 0.3) is 0 Å². The normalized spacial score (nSPS) is 17.9. The van der Waals surface area contributed by atoms with Crippen molar-refractivity contribution < 1.29 is 14.3 Å². The second-order valence-electron chi connectivity index (χ2n) is 6.20. The summed E-state index contributed by atoms with van der Waals surface area (Å²) in [5.74, 6) is 0.459. The second-order valence-corrected chi connectivity index (χ2v) is 6.20. The number of piperidine rings is 1. The Bertz CT molecular complexity index is 520. The molecular weight excluding hydrogens is 268 g/mol. The molecule has 1 fully saturated rings. The highest BCUT2D eigenvalue weighted by molar-refractivity contribution is 5.98. The standard InChI is InChI=1S/C16H22N2O3/c1-16(2)10-14(19)18(15(20)11-16)8-5-9-21-13-7-4-3-6-12(13)17/h3-4,6-7H,5,8-11,17H2,1-2H3. The molecule has 1 heterocycles. The van der Waals surface area contributed by atoms with Gasteiger partial charge < -0.3 is 10.5 Å². The summed E-state index contributed by atoms with van der Waals surface area (Å²) in [4.78, 5) is 25.3. The van der Waals surface area contributed by atoms with Gasteiger partial charge in [-0.2, -0.15) is 0 Å². The maximum absolute atomic E-state index is 12.0. The molecule has 0 bridgehead atoms. The quantitative estimate of drug-likeness (QED) is 0.512. The zero-order valence-electron chi connectivity index (χ0n) is 12.6. The van der Waals surface area contributed by atoms with E-state index in [-0.39, 0.29) is 17.2 Å². The van der Waals surface area contributed by atoms with Gasteiger partial charge in [0, 0.05) is 19.4 Å². The summed E-state index contributed by atoms with van der Waals surface area (Å²) in [6.45, 7) is 4.72. The zero-order chi connectivity index (χ0) is 15.5. The summed E-state index contributed by atoms with van der Waals surface area (Å²) < 4.78 is 5.56. The van der Waals surface area contributed by atoms with Crippen LogP contribution in [0.5, 0.6) is 5.75 Å². The van der Waals surface area contributed by atoms with Gasteiger partial charge in [0.15, 0.2) is 0 Å².